The summed E-state index contributed by atoms with van der Waals surface area (Å²) in [6.45, 7) is 2.89. The number of anilines is 1. The van der Waals surface area contributed by atoms with Crippen molar-refractivity contribution in [2.45, 2.75) is 32.0 Å². The standard InChI is InChI=1S/C17H22N4O4/c1-12(25-11-15-7-4-8-24-15)17(22)18-16-10-21(20-19-16)13-5-3-6-14(9-13)23-2/h3,5-6,9-10,12,15H,4,7-8,11H2,1-2H3,(H,18,22)/t12-,15+/m0/s1. The average molecular weight is 346 g/mol. The van der Waals surface area contributed by atoms with Crippen molar-refractivity contribution in [3.05, 3.63) is 30.5 Å². The van der Waals surface area contributed by atoms with E-state index in [2.05, 4.69) is 15.6 Å². The largest absolute Gasteiger partial charge is 0.497 e. The summed E-state index contributed by atoms with van der Waals surface area (Å²) in [6.07, 6.45) is 3.15. The predicted octanol–water partition coefficient (Wildman–Crippen LogP) is 1.80. The fourth-order valence-electron chi connectivity index (χ4n) is 2.53. The molecule has 1 aliphatic rings. The van der Waals surface area contributed by atoms with E-state index in [4.69, 9.17) is 14.2 Å². The van der Waals surface area contributed by atoms with Crippen molar-refractivity contribution in [3.8, 4) is 11.4 Å². The summed E-state index contributed by atoms with van der Waals surface area (Å²) < 4.78 is 17.8. The first-order valence-corrected chi connectivity index (χ1v) is 8.26. The quantitative estimate of drug-likeness (QED) is 0.822. The Labute approximate surface area is 146 Å². The lowest BCUT2D eigenvalue weighted by Crippen LogP contribution is -2.30. The number of aromatic nitrogens is 3. The van der Waals surface area contributed by atoms with E-state index in [-0.39, 0.29) is 12.0 Å². The van der Waals surface area contributed by atoms with E-state index in [1.807, 2.05) is 24.3 Å². The van der Waals surface area contributed by atoms with Crippen LogP contribution in [-0.2, 0) is 14.3 Å². The van der Waals surface area contributed by atoms with Crippen LogP contribution in [0, 0.1) is 0 Å². The van der Waals surface area contributed by atoms with Gasteiger partial charge in [0.25, 0.3) is 5.91 Å². The fraction of sp³-hybridized carbons (Fsp3) is 0.471. The summed E-state index contributed by atoms with van der Waals surface area (Å²) in [5, 5.41) is 10.7. The second-order valence-corrected chi connectivity index (χ2v) is 5.85. The molecule has 0 radical (unpaired) electrons. The minimum atomic E-state index is -0.592. The van der Waals surface area contributed by atoms with Crippen LogP contribution in [0.25, 0.3) is 5.69 Å². The number of carbonyl (C=O) groups excluding carboxylic acids is 1. The summed E-state index contributed by atoms with van der Waals surface area (Å²) >= 11 is 0. The van der Waals surface area contributed by atoms with Crippen molar-refractivity contribution in [3.63, 3.8) is 0 Å². The Morgan fingerprint density at radius 1 is 1.52 bits per heavy atom. The maximum atomic E-state index is 12.2. The molecule has 0 aliphatic carbocycles. The van der Waals surface area contributed by atoms with Gasteiger partial charge in [0.2, 0.25) is 0 Å². The van der Waals surface area contributed by atoms with Gasteiger partial charge >= 0.3 is 0 Å². The molecule has 1 amide bonds. The summed E-state index contributed by atoms with van der Waals surface area (Å²) in [4.78, 5) is 12.2. The maximum absolute atomic E-state index is 12.2. The van der Waals surface area contributed by atoms with Crippen molar-refractivity contribution < 1.29 is 19.0 Å². The summed E-state index contributed by atoms with van der Waals surface area (Å²) in [6, 6.07) is 7.40. The van der Waals surface area contributed by atoms with Gasteiger partial charge in [0.05, 0.1) is 31.7 Å². The van der Waals surface area contributed by atoms with Gasteiger partial charge in [-0.25, -0.2) is 4.68 Å². The summed E-state index contributed by atoms with van der Waals surface area (Å²) in [5.41, 5.74) is 0.787. The molecule has 2 heterocycles. The molecule has 3 rings (SSSR count). The highest BCUT2D eigenvalue weighted by Crippen LogP contribution is 2.17. The van der Waals surface area contributed by atoms with Crippen LogP contribution in [0.15, 0.2) is 30.5 Å². The highest BCUT2D eigenvalue weighted by Gasteiger charge is 2.20. The van der Waals surface area contributed by atoms with Crippen LogP contribution in [0.2, 0.25) is 0 Å². The molecule has 1 saturated heterocycles. The Kier molecular flexibility index (Phi) is 5.62. The number of nitrogens with zero attached hydrogens (tertiary/aromatic N) is 3. The number of benzene rings is 1. The fourth-order valence-corrected chi connectivity index (χ4v) is 2.53. The minimum absolute atomic E-state index is 0.0872. The normalized spacial score (nSPS) is 18.1. The van der Waals surface area contributed by atoms with Gasteiger partial charge in [-0.3, -0.25) is 4.79 Å². The van der Waals surface area contributed by atoms with Gasteiger partial charge in [-0.15, -0.1) is 5.10 Å². The molecule has 0 bridgehead atoms. The zero-order chi connectivity index (χ0) is 17.6. The monoisotopic (exact) mass is 346 g/mol. The summed E-state index contributed by atoms with van der Waals surface area (Å²) in [7, 11) is 1.60. The van der Waals surface area contributed by atoms with E-state index in [0.29, 0.717) is 12.4 Å². The molecule has 134 valence electrons. The Balaban J connectivity index is 1.55. The second kappa shape index (κ2) is 8.09. The van der Waals surface area contributed by atoms with E-state index in [1.54, 1.807) is 24.9 Å². The smallest absolute Gasteiger partial charge is 0.254 e. The molecule has 0 saturated carbocycles. The number of methoxy groups -OCH3 is 1. The molecule has 1 aliphatic heterocycles. The molecular formula is C17H22N4O4. The molecule has 2 atom stereocenters. The Bertz CT molecular complexity index is 712. The number of hydrogen-bond donors (Lipinski definition) is 1. The molecule has 1 aromatic carbocycles. The van der Waals surface area contributed by atoms with Crippen molar-refractivity contribution in [1.82, 2.24) is 15.0 Å². The first-order valence-electron chi connectivity index (χ1n) is 8.26. The second-order valence-electron chi connectivity index (χ2n) is 5.85. The molecule has 1 N–H and O–H groups in total. The molecule has 8 heteroatoms. The molecule has 1 fully saturated rings. The van der Waals surface area contributed by atoms with Gasteiger partial charge in [-0.05, 0) is 31.9 Å². The SMILES string of the molecule is COc1cccc(-n2cc(NC(=O)[C@H](C)OC[C@H]3CCCO3)nn2)c1. The Hall–Kier alpha value is -2.45. The van der Waals surface area contributed by atoms with Crippen LogP contribution >= 0.6 is 0 Å². The van der Waals surface area contributed by atoms with Crippen molar-refractivity contribution in [2.24, 2.45) is 0 Å². The molecule has 25 heavy (non-hydrogen) atoms. The van der Waals surface area contributed by atoms with Gasteiger partial charge < -0.3 is 19.5 Å². The zero-order valence-electron chi connectivity index (χ0n) is 14.3. The maximum Gasteiger partial charge on any atom is 0.254 e. The lowest BCUT2D eigenvalue weighted by atomic mass is 10.2. The number of ether oxygens (including phenoxy) is 3. The Morgan fingerprint density at radius 3 is 3.16 bits per heavy atom. The van der Waals surface area contributed by atoms with Crippen molar-refractivity contribution in [1.29, 1.82) is 0 Å². The van der Waals surface area contributed by atoms with Crippen LogP contribution < -0.4 is 10.1 Å². The molecule has 1 aromatic heterocycles. The molecule has 2 aromatic rings. The van der Waals surface area contributed by atoms with Gasteiger partial charge in [0.15, 0.2) is 5.82 Å². The van der Waals surface area contributed by atoms with E-state index < -0.39 is 6.10 Å². The van der Waals surface area contributed by atoms with Crippen LogP contribution in [0.4, 0.5) is 5.82 Å². The topological polar surface area (TPSA) is 87.5 Å². The van der Waals surface area contributed by atoms with E-state index in [1.165, 1.54) is 0 Å². The highest BCUT2D eigenvalue weighted by atomic mass is 16.5. The van der Waals surface area contributed by atoms with Gasteiger partial charge in [-0.1, -0.05) is 11.3 Å². The molecule has 0 unspecified atom stereocenters. The number of rotatable bonds is 7. The van der Waals surface area contributed by atoms with E-state index in [0.717, 1.165) is 30.9 Å². The number of amides is 1. The number of nitrogens with one attached hydrogen (secondary N) is 1. The molecule has 0 spiro atoms. The number of hydrogen-bond acceptors (Lipinski definition) is 6. The molecule has 8 nitrogen and oxygen atoms in total. The third-order valence-corrected chi connectivity index (χ3v) is 3.99. The Morgan fingerprint density at radius 2 is 2.40 bits per heavy atom. The molecular weight excluding hydrogens is 324 g/mol. The van der Waals surface area contributed by atoms with E-state index >= 15 is 0 Å². The number of carbonyl (C=O) groups is 1. The summed E-state index contributed by atoms with van der Waals surface area (Å²) in [5.74, 6) is 0.811. The van der Waals surface area contributed by atoms with Gasteiger partial charge in [0.1, 0.15) is 11.9 Å². The average Bonchev–Trinajstić information content (AvgIpc) is 3.31. The van der Waals surface area contributed by atoms with Crippen LogP contribution in [-0.4, -0.2) is 53.4 Å². The van der Waals surface area contributed by atoms with Crippen molar-refractivity contribution in [2.75, 3.05) is 25.6 Å². The van der Waals surface area contributed by atoms with Crippen LogP contribution in [0.5, 0.6) is 5.75 Å². The van der Waals surface area contributed by atoms with Crippen LogP contribution in [0.3, 0.4) is 0 Å². The van der Waals surface area contributed by atoms with E-state index in [9.17, 15) is 4.79 Å². The van der Waals surface area contributed by atoms with Gasteiger partial charge in [-0.2, -0.15) is 0 Å². The predicted molar refractivity (Wildman–Crippen MR) is 90.9 cm³/mol. The van der Waals surface area contributed by atoms with Crippen LogP contribution in [0.1, 0.15) is 19.8 Å². The first kappa shape index (κ1) is 17.4. The first-order chi connectivity index (χ1) is 12.2. The zero-order valence-corrected chi connectivity index (χ0v) is 14.3. The minimum Gasteiger partial charge on any atom is -0.497 e. The third-order valence-electron chi connectivity index (χ3n) is 3.99. The van der Waals surface area contributed by atoms with Gasteiger partial charge in [0, 0.05) is 12.7 Å². The lowest BCUT2D eigenvalue weighted by molar-refractivity contribution is -0.128. The third kappa shape index (κ3) is 4.55. The highest BCUT2D eigenvalue weighted by molar-refractivity contribution is 5.92. The lowest BCUT2D eigenvalue weighted by Gasteiger charge is -2.15. The van der Waals surface area contributed by atoms with Crippen molar-refractivity contribution >= 4 is 11.7 Å².